The first-order chi connectivity index (χ1) is 21.3. The summed E-state index contributed by atoms with van der Waals surface area (Å²) in [7, 11) is 4.49. The number of phenolic OH excluding ortho intramolecular Hbond substituents is 1. The monoisotopic (exact) mass is 613 g/mol. The first-order valence-electron chi connectivity index (χ1n) is 13.3. The van der Waals surface area contributed by atoms with Crippen LogP contribution in [0.3, 0.4) is 0 Å². The zero-order valence-electron chi connectivity index (χ0n) is 24.2. The molecule has 0 bridgehead atoms. The van der Waals surface area contributed by atoms with Crippen LogP contribution in [0.25, 0.3) is 6.08 Å². The Labute approximate surface area is 259 Å². The lowest BCUT2D eigenvalue weighted by molar-refractivity contribution is -0.114. The molecule has 0 atom stereocenters. The molecule has 0 heterocycles. The highest BCUT2D eigenvalue weighted by Gasteiger charge is 2.17. The minimum absolute atomic E-state index is 0.00976. The molecule has 226 valence electrons. The fraction of sp³-hybridized carbons (Fsp3) is 0.121. The van der Waals surface area contributed by atoms with E-state index in [9.17, 15) is 19.5 Å². The third-order valence-electron chi connectivity index (χ3n) is 6.19. The molecule has 4 N–H and O–H groups in total. The van der Waals surface area contributed by atoms with Crippen molar-refractivity contribution in [2.75, 3.05) is 37.7 Å². The smallest absolute Gasteiger partial charge is 0.272 e. The summed E-state index contributed by atoms with van der Waals surface area (Å²) in [5.74, 6) is 0.172. The van der Waals surface area contributed by atoms with Crippen LogP contribution in [0.2, 0.25) is 0 Å². The Kier molecular flexibility index (Phi) is 10.9. The van der Waals surface area contributed by atoms with Gasteiger partial charge in [0.1, 0.15) is 28.7 Å². The number of hydrogen-bond donors (Lipinski definition) is 4. The van der Waals surface area contributed by atoms with Crippen molar-refractivity contribution in [2.24, 2.45) is 0 Å². The number of benzene rings is 4. The molecule has 3 amide bonds. The molecule has 0 saturated carbocycles. The second-order valence-electron chi connectivity index (χ2n) is 9.19. The van der Waals surface area contributed by atoms with Crippen LogP contribution in [0.4, 0.5) is 11.4 Å². The van der Waals surface area contributed by atoms with Gasteiger partial charge in [0.15, 0.2) is 0 Å². The molecule has 0 fully saturated rings. The van der Waals surface area contributed by atoms with E-state index in [-0.39, 0.29) is 23.1 Å². The van der Waals surface area contributed by atoms with Gasteiger partial charge >= 0.3 is 0 Å². The number of anilines is 2. The Balaban J connectivity index is 1.48. The average Bonchev–Trinajstić information content (AvgIpc) is 3.04. The number of phenols is 1. The molecule has 0 spiro atoms. The van der Waals surface area contributed by atoms with Crippen LogP contribution in [0, 0.1) is 0 Å². The van der Waals surface area contributed by atoms with Gasteiger partial charge in [-0.1, -0.05) is 24.3 Å². The van der Waals surface area contributed by atoms with E-state index >= 15 is 0 Å². The SMILES string of the molecule is COc1ccc(NC(=O)CSc2cccc(NC(=O)/C(=C\c3ccc(O)cc3OC)NC(=O)c3ccccc3)c2)c(OC)c1. The maximum atomic E-state index is 13.5. The number of aromatic hydroxyl groups is 1. The van der Waals surface area contributed by atoms with Gasteiger partial charge in [-0.3, -0.25) is 14.4 Å². The molecule has 0 radical (unpaired) electrons. The van der Waals surface area contributed by atoms with Crippen molar-refractivity contribution < 1.29 is 33.7 Å². The van der Waals surface area contributed by atoms with Crippen molar-refractivity contribution >= 4 is 46.9 Å². The molecular formula is C33H31N3O7S. The van der Waals surface area contributed by atoms with Gasteiger partial charge in [0.2, 0.25) is 5.91 Å². The summed E-state index contributed by atoms with van der Waals surface area (Å²) >= 11 is 1.28. The van der Waals surface area contributed by atoms with Gasteiger partial charge < -0.3 is 35.3 Å². The lowest BCUT2D eigenvalue weighted by Gasteiger charge is -2.13. The minimum Gasteiger partial charge on any atom is -0.508 e. The predicted molar refractivity (Wildman–Crippen MR) is 171 cm³/mol. The van der Waals surface area contributed by atoms with Crippen LogP contribution in [-0.4, -0.2) is 49.9 Å². The topological polar surface area (TPSA) is 135 Å². The maximum absolute atomic E-state index is 13.5. The Morgan fingerprint density at radius 3 is 2.30 bits per heavy atom. The van der Waals surface area contributed by atoms with Gasteiger partial charge in [-0.05, 0) is 60.7 Å². The molecule has 4 aromatic carbocycles. The van der Waals surface area contributed by atoms with Crippen molar-refractivity contribution in [2.45, 2.75) is 4.90 Å². The number of carbonyl (C=O) groups excluding carboxylic acids is 3. The second-order valence-corrected chi connectivity index (χ2v) is 10.2. The van der Waals surface area contributed by atoms with Gasteiger partial charge in [0, 0.05) is 33.8 Å². The van der Waals surface area contributed by atoms with E-state index in [0.29, 0.717) is 39.8 Å². The van der Waals surface area contributed by atoms with Crippen LogP contribution in [-0.2, 0) is 9.59 Å². The molecule has 0 saturated heterocycles. The van der Waals surface area contributed by atoms with E-state index in [0.717, 1.165) is 4.90 Å². The molecule has 0 aliphatic rings. The van der Waals surface area contributed by atoms with E-state index in [2.05, 4.69) is 16.0 Å². The number of hydrogen-bond acceptors (Lipinski definition) is 8. The maximum Gasteiger partial charge on any atom is 0.272 e. The molecule has 0 aliphatic heterocycles. The fourth-order valence-corrected chi connectivity index (χ4v) is 4.77. The largest absolute Gasteiger partial charge is 0.508 e. The van der Waals surface area contributed by atoms with E-state index in [1.165, 1.54) is 44.2 Å². The summed E-state index contributed by atoms with van der Waals surface area (Å²) in [6, 6.07) is 25.0. The summed E-state index contributed by atoms with van der Waals surface area (Å²) in [5.41, 5.74) is 1.76. The molecule has 10 nitrogen and oxygen atoms in total. The Morgan fingerprint density at radius 1 is 0.795 bits per heavy atom. The quantitative estimate of drug-likeness (QED) is 0.121. The lowest BCUT2D eigenvalue weighted by Crippen LogP contribution is -2.30. The van der Waals surface area contributed by atoms with Gasteiger partial charge in [-0.25, -0.2) is 0 Å². The lowest BCUT2D eigenvalue weighted by atomic mass is 10.1. The standard InChI is InChI=1S/C33H31N3O7S/c1-41-25-14-15-27(30(19-25)43-3)35-31(38)20-44-26-11-7-10-23(17-26)34-33(40)28(36-32(39)21-8-5-4-6-9-21)16-22-12-13-24(37)18-29(22)42-2/h4-19,37H,20H2,1-3H3,(H,34,40)(H,35,38)(H,36,39)/b28-16+. The van der Waals surface area contributed by atoms with E-state index < -0.39 is 11.8 Å². The third kappa shape index (κ3) is 8.55. The zero-order valence-corrected chi connectivity index (χ0v) is 25.1. The number of rotatable bonds is 12. The Bertz CT molecular complexity index is 1680. The minimum atomic E-state index is -0.587. The van der Waals surface area contributed by atoms with Crippen molar-refractivity contribution in [3.8, 4) is 23.0 Å². The van der Waals surface area contributed by atoms with Gasteiger partial charge in [-0.15, -0.1) is 11.8 Å². The summed E-state index contributed by atoms with van der Waals surface area (Å²) in [5, 5.41) is 18.1. The van der Waals surface area contributed by atoms with E-state index in [1.807, 2.05) is 6.07 Å². The van der Waals surface area contributed by atoms with Crippen LogP contribution in [0.5, 0.6) is 23.0 Å². The van der Waals surface area contributed by atoms with Gasteiger partial charge in [-0.2, -0.15) is 0 Å². The molecular weight excluding hydrogens is 582 g/mol. The number of amides is 3. The van der Waals surface area contributed by atoms with Crippen molar-refractivity contribution in [3.05, 3.63) is 108 Å². The number of methoxy groups -OCH3 is 3. The van der Waals surface area contributed by atoms with Gasteiger partial charge in [0.25, 0.3) is 11.8 Å². The highest BCUT2D eigenvalue weighted by atomic mass is 32.2. The van der Waals surface area contributed by atoms with E-state index in [4.69, 9.17) is 14.2 Å². The normalized spacial score (nSPS) is 10.8. The zero-order chi connectivity index (χ0) is 31.5. The average molecular weight is 614 g/mol. The van der Waals surface area contributed by atoms with E-state index in [1.54, 1.807) is 79.9 Å². The van der Waals surface area contributed by atoms with Crippen LogP contribution < -0.4 is 30.2 Å². The second kappa shape index (κ2) is 15.2. The van der Waals surface area contributed by atoms with Crippen molar-refractivity contribution in [1.82, 2.24) is 5.32 Å². The molecule has 0 aliphatic carbocycles. The number of ether oxygens (including phenoxy) is 3. The number of carbonyl (C=O) groups is 3. The Morgan fingerprint density at radius 2 is 1.57 bits per heavy atom. The molecule has 4 rings (SSSR count). The van der Waals surface area contributed by atoms with Crippen molar-refractivity contribution in [3.63, 3.8) is 0 Å². The summed E-state index contributed by atoms with van der Waals surface area (Å²) in [4.78, 5) is 39.8. The van der Waals surface area contributed by atoms with Crippen LogP contribution in [0.1, 0.15) is 15.9 Å². The van der Waals surface area contributed by atoms with Crippen LogP contribution in [0.15, 0.2) is 102 Å². The molecule has 11 heteroatoms. The molecule has 4 aromatic rings. The summed E-state index contributed by atoms with van der Waals surface area (Å²) in [6.07, 6.45) is 1.46. The van der Waals surface area contributed by atoms with Crippen LogP contribution >= 0.6 is 11.8 Å². The summed E-state index contributed by atoms with van der Waals surface area (Å²) in [6.45, 7) is 0. The summed E-state index contributed by atoms with van der Waals surface area (Å²) < 4.78 is 15.9. The number of thioether (sulfide) groups is 1. The third-order valence-corrected chi connectivity index (χ3v) is 7.18. The fourth-order valence-electron chi connectivity index (χ4n) is 4.02. The molecule has 0 unspecified atom stereocenters. The predicted octanol–water partition coefficient (Wildman–Crippen LogP) is 5.56. The van der Waals surface area contributed by atoms with Gasteiger partial charge in [0.05, 0.1) is 32.8 Å². The highest BCUT2D eigenvalue weighted by molar-refractivity contribution is 8.00. The molecule has 44 heavy (non-hydrogen) atoms. The first kappa shape index (κ1) is 31.5. The van der Waals surface area contributed by atoms with Crippen molar-refractivity contribution in [1.29, 1.82) is 0 Å². The molecule has 0 aromatic heterocycles. The number of nitrogens with one attached hydrogen (secondary N) is 3. The first-order valence-corrected chi connectivity index (χ1v) is 14.3. The Hall–Kier alpha value is -5.42. The highest BCUT2D eigenvalue weighted by Crippen LogP contribution is 2.30.